The van der Waals surface area contributed by atoms with Crippen LogP contribution in [-0.2, 0) is 15.8 Å². The van der Waals surface area contributed by atoms with Crippen LogP contribution in [0.2, 0.25) is 0 Å². The maximum Gasteiger partial charge on any atom is 0.449 e. The van der Waals surface area contributed by atoms with Crippen LogP contribution in [0.25, 0.3) is 10.9 Å². The van der Waals surface area contributed by atoms with Gasteiger partial charge in [0.05, 0.1) is 10.9 Å². The van der Waals surface area contributed by atoms with Gasteiger partial charge in [0.15, 0.2) is 0 Å². The number of fused-ring (bicyclic) bond motifs is 3. The number of nitrogens with zero attached hydrogens (tertiary/aromatic N) is 2. The topological polar surface area (TPSA) is 93.1 Å². The number of amides is 2. The van der Waals surface area contributed by atoms with Gasteiger partial charge in [-0.15, -0.1) is 11.8 Å². The number of benzene rings is 1. The number of rotatable bonds is 11. The van der Waals surface area contributed by atoms with Crippen molar-refractivity contribution in [2.75, 3.05) is 12.3 Å². The molecule has 2 amide bonds. The molecule has 2 aromatic rings. The van der Waals surface area contributed by atoms with Crippen LogP contribution in [0.5, 0.6) is 0 Å². The van der Waals surface area contributed by atoms with Crippen LogP contribution >= 0.6 is 11.8 Å². The Morgan fingerprint density at radius 1 is 1.07 bits per heavy atom. The van der Waals surface area contributed by atoms with Crippen LogP contribution < -0.4 is 16.2 Å². The smallest absolute Gasteiger partial charge is 0.313 e. The SMILES string of the molecule is CC1(C)[C@@H]2CC[C@@]1(C)C(NCCCCCCCSc1cccc3nc(C(F)(F)F)n([C@H]4CCC(=O)NC4=O)c(=O)c13)C2. The molecule has 230 valence electrons. The minimum atomic E-state index is -4.95. The maximum absolute atomic E-state index is 13.9. The van der Waals surface area contributed by atoms with E-state index in [1.54, 1.807) is 12.1 Å². The third-order valence-electron chi connectivity index (χ3n) is 10.4. The zero-order valence-electron chi connectivity index (χ0n) is 24.6. The van der Waals surface area contributed by atoms with Crippen molar-refractivity contribution >= 4 is 34.5 Å². The fraction of sp³-hybridized carbons (Fsp3) is 0.677. The van der Waals surface area contributed by atoms with Crippen molar-refractivity contribution in [3.05, 3.63) is 34.4 Å². The molecule has 2 N–H and O–H groups in total. The van der Waals surface area contributed by atoms with Gasteiger partial charge in [-0.25, -0.2) is 4.98 Å². The van der Waals surface area contributed by atoms with E-state index >= 15 is 0 Å². The van der Waals surface area contributed by atoms with Gasteiger partial charge in [0.1, 0.15) is 6.04 Å². The number of imide groups is 1. The fourth-order valence-electron chi connectivity index (χ4n) is 7.48. The Balaban J connectivity index is 1.15. The number of unbranched alkanes of at least 4 members (excludes halogenated alkanes) is 4. The molecular formula is C31H41F3N4O3S. The summed E-state index contributed by atoms with van der Waals surface area (Å²) in [7, 11) is 0. The van der Waals surface area contributed by atoms with Crippen LogP contribution in [0.4, 0.5) is 13.2 Å². The van der Waals surface area contributed by atoms with Crippen molar-refractivity contribution in [3.63, 3.8) is 0 Å². The average Bonchev–Trinajstić information content (AvgIpc) is 3.25. The number of thioether (sulfide) groups is 1. The lowest BCUT2D eigenvalue weighted by atomic mass is 9.69. The predicted molar refractivity (Wildman–Crippen MR) is 157 cm³/mol. The molecule has 0 radical (unpaired) electrons. The molecule has 3 fully saturated rings. The number of hydrogen-bond donors (Lipinski definition) is 2. The molecule has 4 atom stereocenters. The first kappa shape index (κ1) is 31.0. The van der Waals surface area contributed by atoms with E-state index < -0.39 is 35.4 Å². The first-order valence-electron chi connectivity index (χ1n) is 15.2. The highest BCUT2D eigenvalue weighted by Crippen LogP contribution is 2.65. The van der Waals surface area contributed by atoms with Crippen LogP contribution in [0.3, 0.4) is 0 Å². The Hall–Kier alpha value is -2.40. The third kappa shape index (κ3) is 5.75. The molecule has 2 heterocycles. The Morgan fingerprint density at radius 3 is 2.48 bits per heavy atom. The quantitative estimate of drug-likeness (QED) is 0.179. The molecule has 2 aliphatic carbocycles. The van der Waals surface area contributed by atoms with E-state index in [0.717, 1.165) is 44.6 Å². The van der Waals surface area contributed by atoms with Crippen molar-refractivity contribution in [2.24, 2.45) is 16.7 Å². The standard InChI is InChI=1S/C31H41F3N4O3S/c1-29(2)19-14-15-30(29,3)23(18-19)35-16-7-5-4-6-8-17-42-22-11-9-10-20-25(22)27(41)38(28(36-20)31(32,33)34)21-12-13-24(39)37-26(21)40/h9-11,19,21,23,35H,4-8,12-18H2,1-3H3,(H,37,39,40)/t19-,21+,23?,30+/m1/s1. The molecular weight excluding hydrogens is 565 g/mol. The Labute approximate surface area is 248 Å². The maximum atomic E-state index is 13.9. The van der Waals surface area contributed by atoms with Crippen molar-refractivity contribution < 1.29 is 22.8 Å². The first-order valence-corrected chi connectivity index (χ1v) is 16.2. The number of nitrogens with one attached hydrogen (secondary N) is 2. The number of carbonyl (C=O) groups is 2. The summed E-state index contributed by atoms with van der Waals surface area (Å²) in [6.45, 7) is 8.38. The van der Waals surface area contributed by atoms with Crippen molar-refractivity contribution in [1.82, 2.24) is 20.2 Å². The Bertz CT molecular complexity index is 1410. The van der Waals surface area contributed by atoms with Crippen LogP contribution in [0.1, 0.15) is 96.8 Å². The van der Waals surface area contributed by atoms with Gasteiger partial charge in [-0.2, -0.15) is 13.2 Å². The average molecular weight is 607 g/mol. The largest absolute Gasteiger partial charge is 0.449 e. The van der Waals surface area contributed by atoms with Crippen LogP contribution in [0.15, 0.2) is 27.9 Å². The second-order valence-electron chi connectivity index (χ2n) is 13.0. The van der Waals surface area contributed by atoms with Crippen molar-refractivity contribution in [2.45, 2.75) is 108 Å². The highest BCUT2D eigenvalue weighted by molar-refractivity contribution is 7.99. The van der Waals surface area contributed by atoms with Crippen molar-refractivity contribution in [3.8, 4) is 0 Å². The van der Waals surface area contributed by atoms with Crippen molar-refractivity contribution in [1.29, 1.82) is 0 Å². The molecule has 1 aromatic carbocycles. The molecule has 42 heavy (non-hydrogen) atoms. The molecule has 1 unspecified atom stereocenters. The number of halogens is 3. The fourth-order valence-corrected chi connectivity index (χ4v) is 8.56. The van der Waals surface area contributed by atoms with Gasteiger partial charge in [-0.1, -0.05) is 46.1 Å². The Morgan fingerprint density at radius 2 is 1.81 bits per heavy atom. The van der Waals surface area contributed by atoms with E-state index in [2.05, 4.69) is 31.1 Å². The number of piperidine rings is 1. The normalized spacial score (nSPS) is 27.1. The summed E-state index contributed by atoms with van der Waals surface area (Å²) in [5.74, 6) is -1.37. The monoisotopic (exact) mass is 606 g/mol. The summed E-state index contributed by atoms with van der Waals surface area (Å²) in [4.78, 5) is 41.9. The zero-order valence-corrected chi connectivity index (χ0v) is 25.4. The van der Waals surface area contributed by atoms with E-state index in [-0.39, 0.29) is 23.7 Å². The minimum absolute atomic E-state index is 0.0545. The van der Waals surface area contributed by atoms with E-state index in [1.165, 1.54) is 37.1 Å². The molecule has 5 rings (SSSR count). The van der Waals surface area contributed by atoms with E-state index in [9.17, 15) is 27.6 Å². The molecule has 2 bridgehead atoms. The van der Waals surface area contributed by atoms with Gasteiger partial charge < -0.3 is 5.32 Å². The third-order valence-corrected chi connectivity index (χ3v) is 11.6. The lowest BCUT2D eigenvalue weighted by Gasteiger charge is -2.39. The summed E-state index contributed by atoms with van der Waals surface area (Å²) in [5.41, 5.74) is -0.154. The van der Waals surface area contributed by atoms with Gasteiger partial charge in [0.2, 0.25) is 17.6 Å². The highest BCUT2D eigenvalue weighted by atomic mass is 32.2. The van der Waals surface area contributed by atoms with Gasteiger partial charge in [0.25, 0.3) is 5.56 Å². The molecule has 1 aromatic heterocycles. The second kappa shape index (κ2) is 11.9. The van der Waals surface area contributed by atoms with E-state index in [1.807, 2.05) is 5.32 Å². The molecule has 1 saturated heterocycles. The summed E-state index contributed by atoms with van der Waals surface area (Å²) in [6, 6.07) is 3.86. The summed E-state index contributed by atoms with van der Waals surface area (Å²) < 4.78 is 42.3. The molecule has 3 aliphatic rings. The molecule has 0 spiro atoms. The number of aromatic nitrogens is 2. The summed E-state index contributed by atoms with van der Waals surface area (Å²) in [5, 5.41) is 5.97. The lowest BCUT2D eigenvalue weighted by molar-refractivity contribution is -0.150. The van der Waals surface area contributed by atoms with Gasteiger partial charge in [-0.3, -0.25) is 24.3 Å². The predicted octanol–water partition coefficient (Wildman–Crippen LogP) is 6.24. The zero-order chi connectivity index (χ0) is 30.3. The lowest BCUT2D eigenvalue weighted by Crippen LogP contribution is -2.46. The van der Waals surface area contributed by atoms with Gasteiger partial charge in [-0.05, 0) is 79.7 Å². The number of alkyl halides is 3. The molecule has 1 aliphatic heterocycles. The van der Waals surface area contributed by atoms with Gasteiger partial charge >= 0.3 is 6.18 Å². The molecule has 11 heteroatoms. The van der Waals surface area contributed by atoms with E-state index in [4.69, 9.17) is 0 Å². The minimum Gasteiger partial charge on any atom is -0.313 e. The summed E-state index contributed by atoms with van der Waals surface area (Å²) in [6.07, 6.45) is 4.02. The van der Waals surface area contributed by atoms with Crippen LogP contribution in [0, 0.1) is 16.7 Å². The Kier molecular flexibility index (Phi) is 8.83. The second-order valence-corrected chi connectivity index (χ2v) is 14.1. The van der Waals surface area contributed by atoms with E-state index in [0.29, 0.717) is 32.1 Å². The highest BCUT2D eigenvalue weighted by Gasteiger charge is 2.60. The van der Waals surface area contributed by atoms with Crippen LogP contribution in [-0.4, -0.2) is 39.7 Å². The molecule has 2 saturated carbocycles. The number of hydrogen-bond acceptors (Lipinski definition) is 6. The number of carbonyl (C=O) groups excluding carboxylic acids is 2. The molecule has 7 nitrogen and oxygen atoms in total. The summed E-state index contributed by atoms with van der Waals surface area (Å²) >= 11 is 1.42. The first-order chi connectivity index (χ1) is 19.8. The van der Waals surface area contributed by atoms with Gasteiger partial charge in [0, 0.05) is 17.4 Å².